The van der Waals surface area contributed by atoms with Gasteiger partial charge in [-0.25, -0.2) is 4.57 Å². The number of allylic oxidation sites excluding steroid dienone is 12. The van der Waals surface area contributed by atoms with Crippen molar-refractivity contribution in [3.05, 3.63) is 72.9 Å². The Bertz CT molecular complexity index is 1130. The fourth-order valence-electron chi connectivity index (χ4n) is 5.91. The van der Waals surface area contributed by atoms with Gasteiger partial charge in [0, 0.05) is 13.0 Å². The minimum atomic E-state index is -4.53. The van der Waals surface area contributed by atoms with Gasteiger partial charge in [-0.1, -0.05) is 164 Å². The Kier molecular flexibility index (Phi) is 42.8. The van der Waals surface area contributed by atoms with Crippen LogP contribution in [-0.4, -0.2) is 66.3 Å². The van der Waals surface area contributed by atoms with Crippen LogP contribution in [0, 0.1) is 0 Å². The Morgan fingerprint density at radius 2 is 0.983 bits per heavy atom. The first-order chi connectivity index (χ1) is 28.3. The Morgan fingerprint density at radius 3 is 1.48 bits per heavy atom. The number of phosphoric acid groups is 1. The number of aliphatic hydroxyl groups excluding tert-OH is 2. The van der Waals surface area contributed by atoms with Gasteiger partial charge in [-0.2, -0.15) is 0 Å². The zero-order valence-electron chi connectivity index (χ0n) is 36.7. The van der Waals surface area contributed by atoms with Gasteiger partial charge in [0.1, 0.15) is 12.2 Å². The lowest BCUT2D eigenvalue weighted by Crippen LogP contribution is -2.29. The van der Waals surface area contributed by atoms with Crippen molar-refractivity contribution < 1.29 is 43.0 Å². The predicted molar refractivity (Wildman–Crippen MR) is 242 cm³/mol. The van der Waals surface area contributed by atoms with Crippen LogP contribution < -0.4 is 0 Å². The Labute approximate surface area is 354 Å². The number of rotatable bonds is 43. The summed E-state index contributed by atoms with van der Waals surface area (Å²) in [6.45, 7) is 3.34. The van der Waals surface area contributed by atoms with Crippen molar-refractivity contribution in [2.45, 2.75) is 193 Å². The average molecular weight is 837 g/mol. The summed E-state index contributed by atoms with van der Waals surface area (Å²) in [5, 5.41) is 18.4. The van der Waals surface area contributed by atoms with E-state index in [2.05, 4.69) is 86.8 Å². The molecule has 3 unspecified atom stereocenters. The molecule has 0 aromatic carbocycles. The van der Waals surface area contributed by atoms with Gasteiger partial charge in [0.25, 0.3) is 0 Å². The molecule has 0 aromatic rings. The van der Waals surface area contributed by atoms with Crippen molar-refractivity contribution >= 4 is 13.8 Å². The number of unbranched alkanes of at least 4 members (excludes halogenated alkanes) is 17. The topological polar surface area (TPSA) is 132 Å². The van der Waals surface area contributed by atoms with Gasteiger partial charge in [0.15, 0.2) is 0 Å². The second-order valence-corrected chi connectivity index (χ2v) is 16.5. The summed E-state index contributed by atoms with van der Waals surface area (Å²) in [5.41, 5.74) is 0. The normalized spacial score (nSPS) is 14.6. The van der Waals surface area contributed by atoms with E-state index < -0.39 is 45.8 Å². The molecule has 0 heterocycles. The van der Waals surface area contributed by atoms with Crippen LogP contribution >= 0.6 is 7.82 Å². The highest BCUT2D eigenvalue weighted by Crippen LogP contribution is 2.43. The largest absolute Gasteiger partial charge is 0.472 e. The molecule has 336 valence electrons. The molecule has 58 heavy (non-hydrogen) atoms. The van der Waals surface area contributed by atoms with Crippen LogP contribution in [0.3, 0.4) is 0 Å². The monoisotopic (exact) mass is 837 g/mol. The lowest BCUT2D eigenvalue weighted by molar-refractivity contribution is -0.154. The zero-order chi connectivity index (χ0) is 42.5. The van der Waals surface area contributed by atoms with Crippen molar-refractivity contribution in [2.24, 2.45) is 0 Å². The molecule has 0 amide bonds. The molecule has 0 aliphatic carbocycles. The smallest absolute Gasteiger partial charge is 0.457 e. The van der Waals surface area contributed by atoms with E-state index in [1.807, 2.05) is 0 Å². The zero-order valence-corrected chi connectivity index (χ0v) is 37.6. The third-order valence-corrected chi connectivity index (χ3v) is 10.3. The van der Waals surface area contributed by atoms with Crippen LogP contribution in [0.25, 0.3) is 0 Å². The van der Waals surface area contributed by atoms with Crippen molar-refractivity contribution in [3.8, 4) is 0 Å². The number of phosphoric ester groups is 1. The van der Waals surface area contributed by atoms with Crippen molar-refractivity contribution in [1.29, 1.82) is 0 Å². The fraction of sp³-hybridized carbons (Fsp3) is 0.729. The van der Waals surface area contributed by atoms with E-state index in [1.54, 1.807) is 0 Å². The van der Waals surface area contributed by atoms with Gasteiger partial charge in [-0.05, 0) is 83.5 Å². The molecule has 0 aromatic heterocycles. The van der Waals surface area contributed by atoms with E-state index in [0.717, 1.165) is 89.9 Å². The van der Waals surface area contributed by atoms with E-state index >= 15 is 0 Å². The van der Waals surface area contributed by atoms with E-state index in [0.29, 0.717) is 13.0 Å². The van der Waals surface area contributed by atoms with Crippen LogP contribution in [0.1, 0.15) is 181 Å². The number of hydrogen-bond donors (Lipinski definition) is 3. The van der Waals surface area contributed by atoms with E-state index in [9.17, 15) is 19.4 Å². The Hall–Kier alpha value is -2.10. The second kappa shape index (κ2) is 44.5. The molecular weight excluding hydrogens is 751 g/mol. The Balaban J connectivity index is 4.18. The Morgan fingerprint density at radius 1 is 0.552 bits per heavy atom. The molecule has 0 bridgehead atoms. The number of carbonyl (C=O) groups is 1. The highest BCUT2D eigenvalue weighted by molar-refractivity contribution is 7.47. The first-order valence-corrected chi connectivity index (χ1v) is 24.4. The number of esters is 1. The third kappa shape index (κ3) is 43.5. The molecule has 0 rings (SSSR count). The summed E-state index contributed by atoms with van der Waals surface area (Å²) >= 11 is 0. The summed E-state index contributed by atoms with van der Waals surface area (Å²) in [6.07, 6.45) is 52.9. The second-order valence-electron chi connectivity index (χ2n) is 15.0. The number of carbonyl (C=O) groups excluding carboxylic acids is 1. The molecular formula is C48H85O9P. The third-order valence-electron chi connectivity index (χ3n) is 9.38. The van der Waals surface area contributed by atoms with E-state index in [-0.39, 0.29) is 13.0 Å². The standard InChI is InChI=1S/C48H85O9P/c1-3-5-7-9-11-13-15-17-19-20-21-22-23-24-25-27-29-31-33-35-37-39-41-54-44-47(45-56-58(52,53)55-43-46(50)42-49)57-48(51)40-38-36-34-32-30-28-26-18-16-14-12-10-8-6-4-2/h6,8,12,14-15,17-18,20-21,23-24,26,46-47,49-50H,3-5,7,9-11,13,16,19,22,25,27-45H2,1-2H3,(H,52,53)/b8-6-,14-12-,17-15-,21-20-,24-23-,26-18-. The maximum atomic E-state index is 12.6. The quantitative estimate of drug-likeness (QED) is 0.0238. The first kappa shape index (κ1) is 55.9. The summed E-state index contributed by atoms with van der Waals surface area (Å²) < 4.78 is 33.4. The van der Waals surface area contributed by atoms with Crippen molar-refractivity contribution in [2.75, 3.05) is 33.0 Å². The van der Waals surface area contributed by atoms with Gasteiger partial charge in [0.05, 0.1) is 26.4 Å². The van der Waals surface area contributed by atoms with Crippen molar-refractivity contribution in [3.63, 3.8) is 0 Å². The first-order valence-electron chi connectivity index (χ1n) is 22.9. The van der Waals surface area contributed by atoms with Gasteiger partial charge in [0.2, 0.25) is 0 Å². The number of hydrogen-bond acceptors (Lipinski definition) is 8. The van der Waals surface area contributed by atoms with Gasteiger partial charge >= 0.3 is 13.8 Å². The number of aliphatic hydroxyl groups is 2. The lowest BCUT2D eigenvalue weighted by Gasteiger charge is -2.20. The molecule has 0 radical (unpaired) electrons. The highest BCUT2D eigenvalue weighted by atomic mass is 31.2. The van der Waals surface area contributed by atoms with Crippen LogP contribution in [0.4, 0.5) is 0 Å². The summed E-state index contributed by atoms with van der Waals surface area (Å²) in [4.78, 5) is 22.6. The summed E-state index contributed by atoms with van der Waals surface area (Å²) in [6, 6.07) is 0. The van der Waals surface area contributed by atoms with Crippen molar-refractivity contribution in [1.82, 2.24) is 0 Å². The van der Waals surface area contributed by atoms with Crippen LogP contribution in [0.15, 0.2) is 72.9 Å². The molecule has 10 heteroatoms. The predicted octanol–water partition coefficient (Wildman–Crippen LogP) is 12.9. The minimum Gasteiger partial charge on any atom is -0.457 e. The van der Waals surface area contributed by atoms with Gasteiger partial charge in [-0.15, -0.1) is 0 Å². The minimum absolute atomic E-state index is 0.0316. The molecule has 0 fully saturated rings. The molecule has 0 saturated carbocycles. The molecule has 9 nitrogen and oxygen atoms in total. The molecule has 0 aliphatic heterocycles. The van der Waals surface area contributed by atoms with E-state index in [4.69, 9.17) is 23.6 Å². The molecule has 0 spiro atoms. The summed E-state index contributed by atoms with van der Waals surface area (Å²) in [7, 11) is -4.53. The maximum absolute atomic E-state index is 12.6. The van der Waals surface area contributed by atoms with Gasteiger partial charge < -0.3 is 24.6 Å². The molecule has 3 atom stereocenters. The van der Waals surface area contributed by atoms with Gasteiger partial charge in [-0.3, -0.25) is 13.8 Å². The molecule has 0 aliphatic rings. The fourth-order valence-corrected chi connectivity index (χ4v) is 6.70. The van der Waals surface area contributed by atoms with Crippen LogP contribution in [0.5, 0.6) is 0 Å². The number of ether oxygens (including phenoxy) is 2. The SMILES string of the molecule is CC/C=C\C/C=C\C/C=C\CCCCCCCC(=O)OC(COCCCCCCCCC/C=C\C/C=C\C/C=C\CCCCCCC)COP(=O)(O)OCC(O)CO. The molecule has 3 N–H and O–H groups in total. The summed E-state index contributed by atoms with van der Waals surface area (Å²) in [5.74, 6) is -0.405. The van der Waals surface area contributed by atoms with Crippen LogP contribution in [-0.2, 0) is 27.9 Å². The average Bonchev–Trinajstić information content (AvgIpc) is 3.21. The molecule has 0 saturated heterocycles. The maximum Gasteiger partial charge on any atom is 0.472 e. The van der Waals surface area contributed by atoms with E-state index in [1.165, 1.54) is 64.2 Å². The van der Waals surface area contributed by atoms with Crippen LogP contribution in [0.2, 0.25) is 0 Å². The lowest BCUT2D eigenvalue weighted by atomic mass is 10.1. The highest BCUT2D eigenvalue weighted by Gasteiger charge is 2.26.